The monoisotopic (exact) mass is 478 g/mol. The molecule has 0 saturated carbocycles. The summed E-state index contributed by atoms with van der Waals surface area (Å²) in [6, 6.07) is 30.6. The number of benzene rings is 3. The van der Waals surface area contributed by atoms with Gasteiger partial charge in [0, 0.05) is 29.2 Å². The highest BCUT2D eigenvalue weighted by Gasteiger charge is 2.27. The number of carbonyl (C=O) groups is 1. The van der Waals surface area contributed by atoms with Gasteiger partial charge in [-0.05, 0) is 42.0 Å². The van der Waals surface area contributed by atoms with E-state index in [9.17, 15) is 4.79 Å². The predicted octanol–water partition coefficient (Wildman–Crippen LogP) is 6.05. The molecule has 0 aliphatic heterocycles. The standard InChI is InChI=1S/C28H22N4O2S/c1-34-24-14-12-23(13-15-24)32-27(22-16-18-29-19-17-22)30-31-28(32)35-26(21-10-6-3-7-11-21)25(33)20-8-4-2-5-9-20/h2-19,26H,1H3. The topological polar surface area (TPSA) is 69.9 Å². The van der Waals surface area contributed by atoms with Crippen molar-refractivity contribution in [3.8, 4) is 22.8 Å². The third kappa shape index (κ3) is 4.85. The highest BCUT2D eigenvalue weighted by Crippen LogP contribution is 2.39. The van der Waals surface area contributed by atoms with Gasteiger partial charge in [0.1, 0.15) is 11.0 Å². The van der Waals surface area contributed by atoms with Gasteiger partial charge in [-0.3, -0.25) is 14.3 Å². The number of hydrogen-bond donors (Lipinski definition) is 0. The Bertz CT molecular complexity index is 1410. The van der Waals surface area contributed by atoms with E-state index in [-0.39, 0.29) is 5.78 Å². The number of ketones is 1. The zero-order chi connectivity index (χ0) is 24.0. The van der Waals surface area contributed by atoms with Crippen molar-refractivity contribution in [1.82, 2.24) is 19.7 Å². The molecule has 0 spiro atoms. The van der Waals surface area contributed by atoms with Crippen LogP contribution in [-0.4, -0.2) is 32.6 Å². The van der Waals surface area contributed by atoms with Crippen LogP contribution in [0.5, 0.6) is 5.75 Å². The minimum Gasteiger partial charge on any atom is -0.497 e. The summed E-state index contributed by atoms with van der Waals surface area (Å²) in [5.74, 6) is 1.43. The molecule has 2 heterocycles. The molecule has 35 heavy (non-hydrogen) atoms. The van der Waals surface area contributed by atoms with Crippen molar-refractivity contribution >= 4 is 17.5 Å². The predicted molar refractivity (Wildman–Crippen MR) is 137 cm³/mol. The van der Waals surface area contributed by atoms with E-state index in [1.807, 2.05) is 102 Å². The molecule has 0 radical (unpaired) electrons. The Kier molecular flexibility index (Phi) is 6.68. The van der Waals surface area contributed by atoms with Gasteiger partial charge in [0.15, 0.2) is 16.8 Å². The van der Waals surface area contributed by atoms with Crippen molar-refractivity contribution in [1.29, 1.82) is 0 Å². The average molecular weight is 479 g/mol. The number of methoxy groups -OCH3 is 1. The van der Waals surface area contributed by atoms with Crippen molar-refractivity contribution in [2.24, 2.45) is 0 Å². The molecule has 5 rings (SSSR count). The molecule has 0 bridgehead atoms. The van der Waals surface area contributed by atoms with Crippen LogP contribution in [0.15, 0.2) is 115 Å². The van der Waals surface area contributed by atoms with Gasteiger partial charge in [-0.25, -0.2) is 0 Å². The normalized spacial score (nSPS) is 11.7. The Hall–Kier alpha value is -4.23. The molecule has 7 heteroatoms. The van der Waals surface area contributed by atoms with Crippen LogP contribution < -0.4 is 4.74 Å². The van der Waals surface area contributed by atoms with Crippen LogP contribution in [0, 0.1) is 0 Å². The van der Waals surface area contributed by atoms with Gasteiger partial charge in [0.05, 0.1) is 7.11 Å². The summed E-state index contributed by atoms with van der Waals surface area (Å²) < 4.78 is 7.30. The number of rotatable bonds is 8. The Balaban J connectivity index is 1.62. The maximum absolute atomic E-state index is 13.7. The maximum atomic E-state index is 13.7. The first-order valence-electron chi connectivity index (χ1n) is 11.1. The van der Waals surface area contributed by atoms with Gasteiger partial charge in [0.25, 0.3) is 0 Å². The summed E-state index contributed by atoms with van der Waals surface area (Å²) in [6.45, 7) is 0. The quantitative estimate of drug-likeness (QED) is 0.200. The highest BCUT2D eigenvalue weighted by atomic mass is 32.2. The van der Waals surface area contributed by atoms with Crippen molar-refractivity contribution in [2.45, 2.75) is 10.4 Å². The molecule has 0 aliphatic rings. The number of Topliss-reactive ketones (excluding diaryl/α,β-unsaturated/α-hetero) is 1. The van der Waals surface area contributed by atoms with E-state index in [0.717, 1.165) is 22.6 Å². The summed E-state index contributed by atoms with van der Waals surface area (Å²) in [5, 5.41) is 9.15. The van der Waals surface area contributed by atoms with Crippen molar-refractivity contribution in [3.05, 3.63) is 121 Å². The summed E-state index contributed by atoms with van der Waals surface area (Å²) in [5.41, 5.74) is 3.30. The zero-order valence-corrected chi connectivity index (χ0v) is 19.8. The lowest BCUT2D eigenvalue weighted by atomic mass is 10.0. The molecule has 0 amide bonds. The first-order chi connectivity index (χ1) is 17.2. The average Bonchev–Trinajstić information content (AvgIpc) is 3.36. The lowest BCUT2D eigenvalue weighted by molar-refractivity contribution is 0.0989. The fourth-order valence-electron chi connectivity index (χ4n) is 3.76. The van der Waals surface area contributed by atoms with Crippen LogP contribution >= 0.6 is 11.8 Å². The van der Waals surface area contributed by atoms with Gasteiger partial charge < -0.3 is 4.74 Å². The lowest BCUT2D eigenvalue weighted by Crippen LogP contribution is -2.11. The molecule has 0 N–H and O–H groups in total. The van der Waals surface area contributed by atoms with Crippen LogP contribution in [0.2, 0.25) is 0 Å². The van der Waals surface area contributed by atoms with Crippen LogP contribution in [0.3, 0.4) is 0 Å². The molecule has 3 aromatic carbocycles. The lowest BCUT2D eigenvalue weighted by Gasteiger charge is -2.17. The highest BCUT2D eigenvalue weighted by molar-refractivity contribution is 8.00. The van der Waals surface area contributed by atoms with Crippen molar-refractivity contribution in [3.63, 3.8) is 0 Å². The fraction of sp³-hybridized carbons (Fsp3) is 0.0714. The van der Waals surface area contributed by atoms with E-state index in [1.54, 1.807) is 19.5 Å². The Morgan fingerprint density at radius 1 is 0.829 bits per heavy atom. The maximum Gasteiger partial charge on any atom is 0.197 e. The second-order valence-electron chi connectivity index (χ2n) is 7.71. The Morgan fingerprint density at radius 3 is 2.14 bits per heavy atom. The largest absolute Gasteiger partial charge is 0.497 e. The molecule has 0 saturated heterocycles. The summed E-state index contributed by atoms with van der Waals surface area (Å²) >= 11 is 1.38. The van der Waals surface area contributed by atoms with Gasteiger partial charge in [-0.1, -0.05) is 72.4 Å². The minimum absolute atomic E-state index is 0.0107. The molecule has 172 valence electrons. The van der Waals surface area contributed by atoms with Crippen LogP contribution in [0.25, 0.3) is 17.1 Å². The van der Waals surface area contributed by atoms with E-state index < -0.39 is 5.25 Å². The van der Waals surface area contributed by atoms with E-state index in [2.05, 4.69) is 15.2 Å². The van der Waals surface area contributed by atoms with E-state index >= 15 is 0 Å². The Morgan fingerprint density at radius 2 is 1.49 bits per heavy atom. The first kappa shape index (κ1) is 22.6. The molecule has 6 nitrogen and oxygen atoms in total. The SMILES string of the molecule is COc1ccc(-n2c(SC(C(=O)c3ccccc3)c3ccccc3)nnc2-c2ccncc2)cc1. The van der Waals surface area contributed by atoms with Gasteiger partial charge in [-0.15, -0.1) is 10.2 Å². The summed E-state index contributed by atoms with van der Waals surface area (Å²) in [4.78, 5) is 17.8. The molecular weight excluding hydrogens is 456 g/mol. The molecule has 1 unspecified atom stereocenters. The van der Waals surface area contributed by atoms with Crippen LogP contribution in [0.4, 0.5) is 0 Å². The first-order valence-corrected chi connectivity index (χ1v) is 11.9. The van der Waals surface area contributed by atoms with Gasteiger partial charge in [-0.2, -0.15) is 0 Å². The number of pyridine rings is 1. The minimum atomic E-state index is -0.495. The Labute approximate surface area is 207 Å². The van der Waals surface area contributed by atoms with E-state index in [4.69, 9.17) is 4.74 Å². The van der Waals surface area contributed by atoms with E-state index in [0.29, 0.717) is 16.5 Å². The summed E-state index contributed by atoms with van der Waals surface area (Å²) in [6.07, 6.45) is 3.45. The number of aromatic nitrogens is 4. The molecule has 0 aliphatic carbocycles. The van der Waals surface area contributed by atoms with Crippen LogP contribution in [-0.2, 0) is 0 Å². The third-order valence-corrected chi connectivity index (χ3v) is 6.72. The number of thioether (sulfide) groups is 1. The second kappa shape index (κ2) is 10.4. The smallest absolute Gasteiger partial charge is 0.197 e. The van der Waals surface area contributed by atoms with Crippen LogP contribution in [0.1, 0.15) is 21.2 Å². The number of ether oxygens (including phenoxy) is 1. The van der Waals surface area contributed by atoms with Crippen molar-refractivity contribution < 1.29 is 9.53 Å². The molecular formula is C28H22N4O2S. The van der Waals surface area contributed by atoms with E-state index in [1.165, 1.54) is 11.8 Å². The second-order valence-corrected chi connectivity index (χ2v) is 8.79. The van der Waals surface area contributed by atoms with Gasteiger partial charge >= 0.3 is 0 Å². The summed E-state index contributed by atoms with van der Waals surface area (Å²) in [7, 11) is 1.64. The number of nitrogens with zero attached hydrogens (tertiary/aromatic N) is 4. The third-order valence-electron chi connectivity index (χ3n) is 5.52. The molecule has 1 atom stereocenters. The molecule has 5 aromatic rings. The number of hydrogen-bond acceptors (Lipinski definition) is 6. The zero-order valence-electron chi connectivity index (χ0n) is 19.0. The molecule has 2 aromatic heterocycles. The number of carbonyl (C=O) groups excluding carboxylic acids is 1. The molecule has 0 fully saturated rings. The van der Waals surface area contributed by atoms with Crippen molar-refractivity contribution in [2.75, 3.05) is 7.11 Å². The fourth-order valence-corrected chi connectivity index (χ4v) is 4.89. The van der Waals surface area contributed by atoms with Gasteiger partial charge in [0.2, 0.25) is 0 Å².